The van der Waals surface area contributed by atoms with Gasteiger partial charge in [0.1, 0.15) is 6.04 Å². The third kappa shape index (κ3) is 3.52. The van der Waals surface area contributed by atoms with Crippen LogP contribution in [0, 0.1) is 10.1 Å². The number of rotatable bonds is 5. The van der Waals surface area contributed by atoms with Crippen LogP contribution in [0.3, 0.4) is 0 Å². The van der Waals surface area contributed by atoms with Crippen molar-refractivity contribution < 1.29 is 19.2 Å². The minimum Gasteiger partial charge on any atom is -0.464 e. The molecule has 0 bridgehead atoms. The van der Waals surface area contributed by atoms with Gasteiger partial charge in [-0.25, -0.2) is 4.79 Å². The molecule has 0 aliphatic rings. The fraction of sp³-hybridized carbons (Fsp3) is 0.400. The summed E-state index contributed by atoms with van der Waals surface area (Å²) in [6, 6.07) is 0.370. The van der Waals surface area contributed by atoms with Crippen molar-refractivity contribution in [3.05, 3.63) is 27.1 Å². The predicted molar refractivity (Wildman–Crippen MR) is 64.5 cm³/mol. The third-order valence-corrected chi connectivity index (χ3v) is 2.90. The lowest BCUT2D eigenvalue weighted by Crippen LogP contribution is -2.39. The molecule has 18 heavy (non-hydrogen) atoms. The molecule has 0 saturated carbocycles. The van der Waals surface area contributed by atoms with E-state index in [1.807, 2.05) is 0 Å². The fourth-order valence-electron chi connectivity index (χ4n) is 1.15. The highest BCUT2D eigenvalue weighted by molar-refractivity contribution is 7.13. The number of hydrogen-bond donors (Lipinski definition) is 1. The van der Waals surface area contributed by atoms with E-state index in [-0.39, 0.29) is 17.2 Å². The van der Waals surface area contributed by atoms with Gasteiger partial charge < -0.3 is 10.1 Å². The first-order chi connectivity index (χ1) is 8.45. The molecule has 1 amide bonds. The second kappa shape index (κ2) is 6.10. The minimum absolute atomic E-state index is 0.121. The minimum atomic E-state index is -0.795. The maximum Gasteiger partial charge on any atom is 0.328 e. The Balaban J connectivity index is 2.64. The molecule has 0 aromatic carbocycles. The van der Waals surface area contributed by atoms with Crippen LogP contribution in [-0.2, 0) is 9.53 Å². The van der Waals surface area contributed by atoms with E-state index in [2.05, 4.69) is 5.32 Å². The van der Waals surface area contributed by atoms with Gasteiger partial charge in [-0.3, -0.25) is 14.9 Å². The predicted octanol–water partition coefficient (Wildman–Crippen LogP) is 1.34. The number of nitro groups is 1. The molecule has 0 aliphatic heterocycles. The lowest BCUT2D eigenvalue weighted by Gasteiger charge is -2.11. The van der Waals surface area contributed by atoms with Crippen LogP contribution in [0.15, 0.2) is 11.4 Å². The quantitative estimate of drug-likeness (QED) is 0.495. The second-order valence-electron chi connectivity index (χ2n) is 3.38. The smallest absolute Gasteiger partial charge is 0.328 e. The molecule has 1 aromatic heterocycles. The molecule has 8 heteroatoms. The van der Waals surface area contributed by atoms with E-state index < -0.39 is 22.8 Å². The van der Waals surface area contributed by atoms with Crippen molar-refractivity contribution in [1.82, 2.24) is 5.32 Å². The number of ether oxygens (including phenoxy) is 1. The van der Waals surface area contributed by atoms with Crippen LogP contribution >= 0.6 is 11.3 Å². The lowest BCUT2D eigenvalue weighted by atomic mass is 10.2. The molecule has 98 valence electrons. The summed E-state index contributed by atoms with van der Waals surface area (Å²) in [5.41, 5.74) is 0.155. The Bertz CT molecular complexity index is 471. The number of nitrogens with zero attached hydrogens (tertiary/aromatic N) is 1. The largest absolute Gasteiger partial charge is 0.464 e. The van der Waals surface area contributed by atoms with Gasteiger partial charge in [-0.15, -0.1) is 0 Å². The number of carbonyl (C=O) groups excluding carboxylic acids is 2. The summed E-state index contributed by atoms with van der Waals surface area (Å²) in [7, 11) is 0. The number of amides is 1. The lowest BCUT2D eigenvalue weighted by molar-refractivity contribution is -0.380. The van der Waals surface area contributed by atoms with Crippen molar-refractivity contribution in [3.8, 4) is 0 Å². The molecule has 1 rings (SSSR count). The van der Waals surface area contributed by atoms with E-state index in [9.17, 15) is 19.7 Å². The maximum atomic E-state index is 11.7. The highest BCUT2D eigenvalue weighted by atomic mass is 32.1. The van der Waals surface area contributed by atoms with Crippen molar-refractivity contribution in [2.24, 2.45) is 0 Å². The van der Waals surface area contributed by atoms with E-state index >= 15 is 0 Å². The zero-order valence-corrected chi connectivity index (χ0v) is 10.7. The van der Waals surface area contributed by atoms with Gasteiger partial charge in [0.25, 0.3) is 5.91 Å². The van der Waals surface area contributed by atoms with Gasteiger partial charge in [-0.1, -0.05) is 11.3 Å². The average molecular weight is 272 g/mol. The number of hydrogen-bond acceptors (Lipinski definition) is 6. The summed E-state index contributed by atoms with van der Waals surface area (Å²) in [4.78, 5) is 32.8. The molecular formula is C10H12N2O5S. The number of carbonyl (C=O) groups is 2. The van der Waals surface area contributed by atoms with Gasteiger partial charge in [0.2, 0.25) is 0 Å². The van der Waals surface area contributed by atoms with Crippen molar-refractivity contribution in [3.63, 3.8) is 0 Å². The molecule has 1 atom stereocenters. The normalized spacial score (nSPS) is 11.7. The van der Waals surface area contributed by atoms with Crippen molar-refractivity contribution >= 4 is 28.2 Å². The van der Waals surface area contributed by atoms with E-state index in [0.717, 1.165) is 17.4 Å². The summed E-state index contributed by atoms with van der Waals surface area (Å²) in [5, 5.41) is 14.1. The molecule has 0 saturated heterocycles. The van der Waals surface area contributed by atoms with Crippen molar-refractivity contribution in [1.29, 1.82) is 0 Å². The molecular weight excluding hydrogens is 260 g/mol. The summed E-state index contributed by atoms with van der Waals surface area (Å²) >= 11 is 0.856. The zero-order valence-electron chi connectivity index (χ0n) is 9.84. The summed E-state index contributed by atoms with van der Waals surface area (Å²) in [6.45, 7) is 3.37. The van der Waals surface area contributed by atoms with Crippen LogP contribution in [0.5, 0.6) is 0 Å². The highest BCUT2D eigenvalue weighted by Gasteiger charge is 2.20. The standard InChI is InChI=1S/C10H12N2O5S/c1-3-17-10(14)6(2)11-9(13)7-4-8(12(15)16)18-5-7/h4-6H,3H2,1-2H3,(H,11,13). The Morgan fingerprint density at radius 3 is 2.78 bits per heavy atom. The fourth-order valence-corrected chi connectivity index (χ4v) is 1.85. The Morgan fingerprint density at radius 2 is 2.28 bits per heavy atom. The first-order valence-corrected chi connectivity index (χ1v) is 6.04. The van der Waals surface area contributed by atoms with Crippen LogP contribution < -0.4 is 5.32 Å². The van der Waals surface area contributed by atoms with Crippen LogP contribution in [0.1, 0.15) is 24.2 Å². The SMILES string of the molecule is CCOC(=O)C(C)NC(=O)c1csc([N+](=O)[O-])c1. The summed E-state index contributed by atoms with van der Waals surface area (Å²) in [6.07, 6.45) is 0. The van der Waals surface area contributed by atoms with Gasteiger partial charge in [0.05, 0.1) is 17.1 Å². The first kappa shape index (κ1) is 14.1. The summed E-state index contributed by atoms with van der Waals surface area (Å²) in [5.74, 6) is -1.09. The van der Waals surface area contributed by atoms with Crippen LogP contribution in [0.2, 0.25) is 0 Å². The molecule has 0 spiro atoms. The Labute approximate surface area is 107 Å². The zero-order chi connectivity index (χ0) is 13.7. The maximum absolute atomic E-state index is 11.7. The van der Waals surface area contributed by atoms with E-state index in [1.54, 1.807) is 6.92 Å². The van der Waals surface area contributed by atoms with E-state index in [4.69, 9.17) is 4.74 Å². The molecule has 0 fully saturated rings. The van der Waals surface area contributed by atoms with Crippen LogP contribution in [-0.4, -0.2) is 29.4 Å². The topological polar surface area (TPSA) is 98.5 Å². The van der Waals surface area contributed by atoms with E-state index in [0.29, 0.717) is 0 Å². The second-order valence-corrected chi connectivity index (χ2v) is 4.27. The third-order valence-electron chi connectivity index (χ3n) is 2.02. The van der Waals surface area contributed by atoms with Crippen molar-refractivity contribution in [2.45, 2.75) is 19.9 Å². The van der Waals surface area contributed by atoms with Gasteiger partial charge in [0.15, 0.2) is 0 Å². The van der Waals surface area contributed by atoms with E-state index in [1.165, 1.54) is 12.3 Å². The number of esters is 1. The van der Waals surface area contributed by atoms with Crippen LogP contribution in [0.25, 0.3) is 0 Å². The summed E-state index contributed by atoms with van der Waals surface area (Å²) < 4.78 is 4.72. The molecule has 1 heterocycles. The molecule has 1 unspecified atom stereocenters. The molecule has 0 radical (unpaired) electrons. The van der Waals surface area contributed by atoms with Gasteiger partial charge >= 0.3 is 11.0 Å². The first-order valence-electron chi connectivity index (χ1n) is 5.16. The Kier molecular flexibility index (Phi) is 4.78. The number of nitrogens with one attached hydrogen (secondary N) is 1. The molecule has 1 aromatic rings. The van der Waals surface area contributed by atoms with Gasteiger partial charge in [0, 0.05) is 11.4 Å². The van der Waals surface area contributed by atoms with Crippen LogP contribution in [0.4, 0.5) is 5.00 Å². The van der Waals surface area contributed by atoms with Crippen molar-refractivity contribution in [2.75, 3.05) is 6.61 Å². The van der Waals surface area contributed by atoms with Gasteiger partial charge in [-0.2, -0.15) is 0 Å². The van der Waals surface area contributed by atoms with Gasteiger partial charge in [-0.05, 0) is 13.8 Å². The highest BCUT2D eigenvalue weighted by Crippen LogP contribution is 2.22. The Morgan fingerprint density at radius 1 is 1.61 bits per heavy atom. The molecule has 0 aliphatic carbocycles. The Hall–Kier alpha value is -1.96. The molecule has 1 N–H and O–H groups in total. The molecule has 7 nitrogen and oxygen atoms in total. The monoisotopic (exact) mass is 272 g/mol. The number of thiophene rings is 1. The average Bonchev–Trinajstić information content (AvgIpc) is 2.78.